The van der Waals surface area contributed by atoms with Crippen LogP contribution >= 0.6 is 23.2 Å². The number of halogens is 2. The fourth-order valence-electron chi connectivity index (χ4n) is 1.44. The molecule has 0 atom stereocenters. The summed E-state index contributed by atoms with van der Waals surface area (Å²) < 4.78 is 5.31. The molecule has 0 heterocycles. The van der Waals surface area contributed by atoms with Gasteiger partial charge in [0, 0.05) is 23.0 Å². The van der Waals surface area contributed by atoms with Crippen molar-refractivity contribution in [3.8, 4) is 5.75 Å². The summed E-state index contributed by atoms with van der Waals surface area (Å²) in [5.41, 5.74) is 2.11. The monoisotopic (exact) mass is 261 g/mol. The van der Waals surface area contributed by atoms with E-state index in [9.17, 15) is 0 Å². The van der Waals surface area contributed by atoms with Crippen LogP contribution in [0.3, 0.4) is 0 Å². The van der Waals surface area contributed by atoms with E-state index in [1.165, 1.54) is 0 Å². The summed E-state index contributed by atoms with van der Waals surface area (Å²) in [7, 11) is 1.67. The van der Waals surface area contributed by atoms with E-state index < -0.39 is 0 Å². The minimum absolute atomic E-state index is 0.679. The Labute approximate surface area is 107 Å². The average molecular weight is 262 g/mol. The number of nitrogens with one attached hydrogen (secondary N) is 1. The van der Waals surface area contributed by atoms with Gasteiger partial charge in [-0.05, 0) is 37.6 Å². The van der Waals surface area contributed by atoms with Gasteiger partial charge in [0.2, 0.25) is 0 Å². The lowest BCUT2D eigenvalue weighted by Gasteiger charge is -2.11. The Morgan fingerprint density at radius 1 is 1.38 bits per heavy atom. The number of ether oxygens (including phenoxy) is 1. The first-order valence-electron chi connectivity index (χ1n) is 5.28. The molecule has 1 aromatic rings. The van der Waals surface area contributed by atoms with Crippen LogP contribution in [0.2, 0.25) is 5.02 Å². The van der Waals surface area contributed by atoms with Gasteiger partial charge in [-0.25, -0.2) is 0 Å². The molecule has 0 amide bonds. The van der Waals surface area contributed by atoms with Crippen LogP contribution in [0, 0.1) is 6.92 Å². The molecule has 0 fully saturated rings. The van der Waals surface area contributed by atoms with Crippen LogP contribution in [0.25, 0.3) is 0 Å². The number of hydrogen-bond acceptors (Lipinski definition) is 2. The van der Waals surface area contributed by atoms with Crippen molar-refractivity contribution < 1.29 is 4.74 Å². The Balaban J connectivity index is 2.66. The van der Waals surface area contributed by atoms with Gasteiger partial charge < -0.3 is 10.1 Å². The van der Waals surface area contributed by atoms with Crippen molar-refractivity contribution in [1.82, 2.24) is 5.32 Å². The van der Waals surface area contributed by atoms with E-state index in [0.717, 1.165) is 41.4 Å². The van der Waals surface area contributed by atoms with Gasteiger partial charge in [-0.1, -0.05) is 11.6 Å². The highest BCUT2D eigenvalue weighted by atomic mass is 35.5. The topological polar surface area (TPSA) is 21.3 Å². The summed E-state index contributed by atoms with van der Waals surface area (Å²) in [5.74, 6) is 1.55. The number of aryl methyl sites for hydroxylation is 1. The minimum Gasteiger partial charge on any atom is -0.496 e. The van der Waals surface area contributed by atoms with Crippen molar-refractivity contribution in [3.63, 3.8) is 0 Å². The predicted molar refractivity (Wildman–Crippen MR) is 69.8 cm³/mol. The second-order valence-electron chi connectivity index (χ2n) is 3.63. The summed E-state index contributed by atoms with van der Waals surface area (Å²) in [4.78, 5) is 0. The lowest BCUT2D eigenvalue weighted by molar-refractivity contribution is 0.407. The fourth-order valence-corrected chi connectivity index (χ4v) is 1.76. The number of benzene rings is 1. The van der Waals surface area contributed by atoms with Crippen LogP contribution in [-0.2, 0) is 6.54 Å². The number of methoxy groups -OCH3 is 1. The third kappa shape index (κ3) is 3.85. The van der Waals surface area contributed by atoms with Gasteiger partial charge >= 0.3 is 0 Å². The summed E-state index contributed by atoms with van der Waals surface area (Å²) in [6.45, 7) is 3.62. The van der Waals surface area contributed by atoms with Crippen molar-refractivity contribution in [2.45, 2.75) is 19.9 Å². The smallest absolute Gasteiger partial charge is 0.123 e. The standard InChI is InChI=1S/C12H17Cl2NO/c1-9-6-12(16-2)10(7-11(9)14)8-15-5-3-4-13/h6-7,15H,3-5,8H2,1-2H3. The van der Waals surface area contributed by atoms with Crippen LogP contribution in [0.4, 0.5) is 0 Å². The zero-order chi connectivity index (χ0) is 12.0. The summed E-state index contributed by atoms with van der Waals surface area (Å²) in [6.07, 6.45) is 0.962. The highest BCUT2D eigenvalue weighted by molar-refractivity contribution is 6.31. The van der Waals surface area contributed by atoms with Gasteiger partial charge in [0.15, 0.2) is 0 Å². The van der Waals surface area contributed by atoms with Crippen LogP contribution in [-0.4, -0.2) is 19.5 Å². The molecule has 0 radical (unpaired) electrons. The third-order valence-corrected chi connectivity index (χ3v) is 3.04. The van der Waals surface area contributed by atoms with E-state index in [0.29, 0.717) is 5.88 Å². The van der Waals surface area contributed by atoms with Crippen LogP contribution in [0.5, 0.6) is 5.75 Å². The second kappa shape index (κ2) is 7.00. The van der Waals surface area contributed by atoms with Crippen molar-refractivity contribution in [1.29, 1.82) is 0 Å². The first kappa shape index (κ1) is 13.6. The maximum Gasteiger partial charge on any atom is 0.123 e. The first-order valence-corrected chi connectivity index (χ1v) is 6.20. The van der Waals surface area contributed by atoms with Crippen LogP contribution in [0.15, 0.2) is 12.1 Å². The van der Waals surface area contributed by atoms with Crippen molar-refractivity contribution in [3.05, 3.63) is 28.3 Å². The molecule has 0 spiro atoms. The normalized spacial score (nSPS) is 10.5. The molecular weight excluding hydrogens is 245 g/mol. The maximum absolute atomic E-state index is 6.08. The molecule has 90 valence electrons. The Morgan fingerprint density at radius 3 is 2.75 bits per heavy atom. The molecule has 0 saturated heterocycles. The Bertz CT molecular complexity index is 342. The lowest BCUT2D eigenvalue weighted by atomic mass is 10.1. The zero-order valence-electron chi connectivity index (χ0n) is 9.65. The van der Waals surface area contributed by atoms with E-state index in [1.807, 2.05) is 19.1 Å². The van der Waals surface area contributed by atoms with Crippen molar-refractivity contribution in [2.24, 2.45) is 0 Å². The molecule has 2 nitrogen and oxygen atoms in total. The highest BCUT2D eigenvalue weighted by Crippen LogP contribution is 2.26. The molecule has 1 aromatic carbocycles. The summed E-state index contributed by atoms with van der Waals surface area (Å²) >= 11 is 11.7. The molecule has 1 rings (SSSR count). The van der Waals surface area contributed by atoms with Crippen LogP contribution < -0.4 is 10.1 Å². The Hall–Kier alpha value is -0.440. The molecule has 0 aromatic heterocycles. The Morgan fingerprint density at radius 2 is 2.12 bits per heavy atom. The molecular formula is C12H17Cl2NO. The number of alkyl halides is 1. The molecule has 0 aliphatic carbocycles. The Kier molecular flexibility index (Phi) is 5.96. The number of rotatable bonds is 6. The van der Waals surface area contributed by atoms with Gasteiger partial charge in [0.25, 0.3) is 0 Å². The van der Waals surface area contributed by atoms with E-state index in [4.69, 9.17) is 27.9 Å². The largest absolute Gasteiger partial charge is 0.496 e. The average Bonchev–Trinajstić information content (AvgIpc) is 2.28. The predicted octanol–water partition coefficient (Wildman–Crippen LogP) is 3.38. The molecule has 0 saturated carbocycles. The van der Waals surface area contributed by atoms with Gasteiger partial charge in [-0.2, -0.15) is 0 Å². The number of hydrogen-bond donors (Lipinski definition) is 1. The lowest BCUT2D eigenvalue weighted by Crippen LogP contribution is -2.15. The molecule has 0 bridgehead atoms. The molecule has 0 aliphatic rings. The van der Waals surface area contributed by atoms with E-state index in [-0.39, 0.29) is 0 Å². The molecule has 4 heteroatoms. The van der Waals surface area contributed by atoms with Gasteiger partial charge in [-0.3, -0.25) is 0 Å². The van der Waals surface area contributed by atoms with Crippen LogP contribution in [0.1, 0.15) is 17.5 Å². The first-order chi connectivity index (χ1) is 7.69. The van der Waals surface area contributed by atoms with Crippen molar-refractivity contribution in [2.75, 3.05) is 19.5 Å². The molecule has 0 unspecified atom stereocenters. The van der Waals surface area contributed by atoms with E-state index in [1.54, 1.807) is 7.11 Å². The fraction of sp³-hybridized carbons (Fsp3) is 0.500. The maximum atomic E-state index is 6.08. The zero-order valence-corrected chi connectivity index (χ0v) is 11.2. The van der Waals surface area contributed by atoms with Gasteiger partial charge in [0.1, 0.15) is 5.75 Å². The van der Waals surface area contributed by atoms with Gasteiger partial charge in [0.05, 0.1) is 7.11 Å². The van der Waals surface area contributed by atoms with E-state index >= 15 is 0 Å². The highest BCUT2D eigenvalue weighted by Gasteiger charge is 2.06. The SMILES string of the molecule is COc1cc(C)c(Cl)cc1CNCCCCl. The molecule has 16 heavy (non-hydrogen) atoms. The van der Waals surface area contributed by atoms with Crippen molar-refractivity contribution >= 4 is 23.2 Å². The summed E-state index contributed by atoms with van der Waals surface area (Å²) in [6, 6.07) is 3.91. The minimum atomic E-state index is 0.679. The molecule has 0 aliphatic heterocycles. The second-order valence-corrected chi connectivity index (χ2v) is 4.42. The quantitative estimate of drug-likeness (QED) is 0.627. The summed E-state index contributed by atoms with van der Waals surface area (Å²) in [5, 5.41) is 4.07. The molecule has 1 N–H and O–H groups in total. The third-order valence-electron chi connectivity index (χ3n) is 2.36. The van der Waals surface area contributed by atoms with Gasteiger partial charge in [-0.15, -0.1) is 11.6 Å². The van der Waals surface area contributed by atoms with E-state index in [2.05, 4.69) is 5.32 Å².